The van der Waals surface area contributed by atoms with Crippen LogP contribution in [0.4, 0.5) is 14.5 Å². The molecule has 5 nitrogen and oxygen atoms in total. The number of hydrogen-bond donors (Lipinski definition) is 2. The van der Waals surface area contributed by atoms with Gasteiger partial charge in [0, 0.05) is 6.07 Å². The van der Waals surface area contributed by atoms with Gasteiger partial charge in [0.15, 0.2) is 0 Å². The first-order valence-corrected chi connectivity index (χ1v) is 4.87. The lowest BCUT2D eigenvalue weighted by Gasteiger charge is -2.09. The van der Waals surface area contributed by atoms with E-state index in [-0.39, 0.29) is 24.4 Å². The van der Waals surface area contributed by atoms with Gasteiger partial charge in [0.1, 0.15) is 11.4 Å². The van der Waals surface area contributed by atoms with Gasteiger partial charge in [0.25, 0.3) is 6.43 Å². The van der Waals surface area contributed by atoms with Gasteiger partial charge in [0.05, 0.1) is 24.4 Å². The quantitative estimate of drug-likeness (QED) is 0.784. The number of aromatic hydroxyl groups is 1. The minimum Gasteiger partial charge on any atom is -0.506 e. The van der Waals surface area contributed by atoms with E-state index >= 15 is 0 Å². The molecule has 0 radical (unpaired) electrons. The van der Waals surface area contributed by atoms with E-state index in [1.165, 1.54) is 0 Å². The number of nitrogens with zero attached hydrogens (tertiary/aromatic N) is 1. The van der Waals surface area contributed by atoms with Gasteiger partial charge >= 0.3 is 5.97 Å². The molecule has 7 heteroatoms. The highest BCUT2D eigenvalue weighted by molar-refractivity contribution is 5.73. The Morgan fingerprint density at radius 1 is 1.65 bits per heavy atom. The van der Waals surface area contributed by atoms with Crippen LogP contribution >= 0.6 is 0 Å². The second-order valence-corrected chi connectivity index (χ2v) is 3.21. The number of hydrogen-bond acceptors (Lipinski definition) is 5. The molecule has 0 bridgehead atoms. The van der Waals surface area contributed by atoms with E-state index in [1.54, 1.807) is 6.92 Å². The molecule has 0 aliphatic heterocycles. The summed E-state index contributed by atoms with van der Waals surface area (Å²) < 4.78 is 29.6. The summed E-state index contributed by atoms with van der Waals surface area (Å²) in [5.74, 6) is -1.06. The summed E-state index contributed by atoms with van der Waals surface area (Å²) in [4.78, 5) is 14.6. The van der Waals surface area contributed by atoms with Crippen LogP contribution < -0.4 is 5.73 Å². The minimum atomic E-state index is -2.86. The predicted octanol–water partition coefficient (Wildman–Crippen LogP) is 1.41. The van der Waals surface area contributed by atoms with Crippen molar-refractivity contribution >= 4 is 11.7 Å². The van der Waals surface area contributed by atoms with Gasteiger partial charge < -0.3 is 15.6 Å². The van der Waals surface area contributed by atoms with Crippen molar-refractivity contribution in [2.75, 3.05) is 12.3 Å². The van der Waals surface area contributed by atoms with Crippen LogP contribution in [0.15, 0.2) is 6.07 Å². The summed E-state index contributed by atoms with van der Waals surface area (Å²) in [5.41, 5.74) is 4.12. The number of rotatable bonds is 4. The molecule has 94 valence electrons. The Morgan fingerprint density at radius 3 is 2.82 bits per heavy atom. The van der Waals surface area contributed by atoms with Crippen molar-refractivity contribution < 1.29 is 23.4 Å². The Balaban J connectivity index is 2.99. The van der Waals surface area contributed by atoms with Gasteiger partial charge in [-0.2, -0.15) is 0 Å². The van der Waals surface area contributed by atoms with E-state index in [2.05, 4.69) is 9.72 Å². The van der Waals surface area contributed by atoms with Gasteiger partial charge in [-0.3, -0.25) is 4.79 Å². The summed E-state index contributed by atoms with van der Waals surface area (Å²) in [6, 6.07) is 0.947. The lowest BCUT2D eigenvalue weighted by Crippen LogP contribution is -2.11. The van der Waals surface area contributed by atoms with Crippen molar-refractivity contribution in [1.29, 1.82) is 0 Å². The molecule has 0 saturated heterocycles. The smallest absolute Gasteiger partial charge is 0.312 e. The average Bonchev–Trinajstić information content (AvgIpc) is 2.21. The van der Waals surface area contributed by atoms with Crippen molar-refractivity contribution in [3.63, 3.8) is 0 Å². The zero-order valence-electron chi connectivity index (χ0n) is 9.11. The number of carbonyl (C=O) groups excluding carboxylic acids is 1. The normalized spacial score (nSPS) is 10.6. The molecule has 0 fully saturated rings. The van der Waals surface area contributed by atoms with Crippen LogP contribution in [0.2, 0.25) is 0 Å². The zero-order valence-corrected chi connectivity index (χ0v) is 9.11. The third-order valence-electron chi connectivity index (χ3n) is 1.96. The van der Waals surface area contributed by atoms with Crippen molar-refractivity contribution in [1.82, 2.24) is 4.98 Å². The molecule has 3 N–H and O–H groups in total. The molecule has 0 aromatic carbocycles. The number of anilines is 1. The van der Waals surface area contributed by atoms with Gasteiger partial charge in [-0.1, -0.05) is 0 Å². The Hall–Kier alpha value is -1.92. The fourth-order valence-corrected chi connectivity index (χ4v) is 1.23. The number of aromatic nitrogens is 1. The largest absolute Gasteiger partial charge is 0.506 e. The molecule has 0 spiro atoms. The standard InChI is InChI=1S/C10H12F2N2O3/c1-2-17-8(16)4-6-7(15)3-5(13)9(14-6)10(11)12/h3,10,15H,2,4,13H2,1H3. The first-order chi connectivity index (χ1) is 7.95. The second-order valence-electron chi connectivity index (χ2n) is 3.21. The highest BCUT2D eigenvalue weighted by atomic mass is 19.3. The number of carbonyl (C=O) groups is 1. The van der Waals surface area contributed by atoms with Crippen LogP contribution in [0.25, 0.3) is 0 Å². The van der Waals surface area contributed by atoms with Crippen LogP contribution in [-0.2, 0) is 16.0 Å². The Morgan fingerprint density at radius 2 is 2.29 bits per heavy atom. The first kappa shape index (κ1) is 13.1. The van der Waals surface area contributed by atoms with Crippen molar-refractivity contribution in [3.05, 3.63) is 17.5 Å². The molecule has 1 aromatic rings. The maximum atomic E-state index is 12.5. The molecule has 0 atom stereocenters. The molecule has 1 aromatic heterocycles. The van der Waals surface area contributed by atoms with Gasteiger partial charge in [-0.05, 0) is 6.92 Å². The van der Waals surface area contributed by atoms with Crippen LogP contribution in [0.3, 0.4) is 0 Å². The molecule has 0 amide bonds. The van der Waals surface area contributed by atoms with Crippen molar-refractivity contribution in [2.45, 2.75) is 19.8 Å². The molecular formula is C10H12F2N2O3. The first-order valence-electron chi connectivity index (χ1n) is 4.87. The molecule has 0 saturated carbocycles. The third-order valence-corrected chi connectivity index (χ3v) is 1.96. The number of nitrogen functional groups attached to an aromatic ring is 1. The van der Waals surface area contributed by atoms with Gasteiger partial charge in [-0.25, -0.2) is 13.8 Å². The van der Waals surface area contributed by atoms with E-state index in [1.807, 2.05) is 0 Å². The van der Waals surface area contributed by atoms with Crippen molar-refractivity contribution in [2.24, 2.45) is 0 Å². The SMILES string of the molecule is CCOC(=O)Cc1nc(C(F)F)c(N)cc1O. The summed E-state index contributed by atoms with van der Waals surface area (Å²) in [7, 11) is 0. The van der Waals surface area contributed by atoms with Crippen LogP contribution in [0, 0.1) is 0 Å². The van der Waals surface area contributed by atoms with Gasteiger partial charge in [0.2, 0.25) is 0 Å². The van der Waals surface area contributed by atoms with E-state index in [4.69, 9.17) is 5.73 Å². The summed E-state index contributed by atoms with van der Waals surface area (Å²) in [6.07, 6.45) is -3.24. The fourth-order valence-electron chi connectivity index (χ4n) is 1.23. The maximum absolute atomic E-state index is 12.5. The van der Waals surface area contributed by atoms with E-state index in [0.717, 1.165) is 6.07 Å². The average molecular weight is 246 g/mol. The molecule has 0 unspecified atom stereocenters. The van der Waals surface area contributed by atoms with Crippen LogP contribution in [-0.4, -0.2) is 22.7 Å². The number of pyridine rings is 1. The summed E-state index contributed by atoms with van der Waals surface area (Å²) in [6.45, 7) is 1.77. The van der Waals surface area contributed by atoms with Crippen LogP contribution in [0.1, 0.15) is 24.7 Å². The third kappa shape index (κ3) is 3.27. The lowest BCUT2D eigenvalue weighted by molar-refractivity contribution is -0.142. The molecule has 0 aliphatic carbocycles. The predicted molar refractivity (Wildman–Crippen MR) is 55.6 cm³/mol. The number of nitrogens with two attached hydrogens (primary N) is 1. The fraction of sp³-hybridized carbons (Fsp3) is 0.400. The minimum absolute atomic E-state index is 0.163. The number of alkyl halides is 2. The number of esters is 1. The topological polar surface area (TPSA) is 85.4 Å². The molecule has 1 rings (SSSR count). The number of halogens is 2. The van der Waals surface area contributed by atoms with Crippen molar-refractivity contribution in [3.8, 4) is 5.75 Å². The van der Waals surface area contributed by atoms with E-state index in [0.29, 0.717) is 0 Å². The lowest BCUT2D eigenvalue weighted by atomic mass is 10.2. The Kier molecular flexibility index (Phi) is 4.19. The highest BCUT2D eigenvalue weighted by Crippen LogP contribution is 2.28. The maximum Gasteiger partial charge on any atom is 0.312 e. The Labute approximate surface area is 96.2 Å². The monoisotopic (exact) mass is 246 g/mol. The van der Waals surface area contributed by atoms with Crippen LogP contribution in [0.5, 0.6) is 5.75 Å². The highest BCUT2D eigenvalue weighted by Gasteiger charge is 2.18. The second kappa shape index (κ2) is 5.42. The summed E-state index contributed by atoms with van der Waals surface area (Å²) >= 11 is 0. The van der Waals surface area contributed by atoms with E-state index < -0.39 is 23.8 Å². The zero-order chi connectivity index (χ0) is 13.0. The number of ether oxygens (including phenoxy) is 1. The molecule has 17 heavy (non-hydrogen) atoms. The van der Waals surface area contributed by atoms with Gasteiger partial charge in [-0.15, -0.1) is 0 Å². The van der Waals surface area contributed by atoms with E-state index in [9.17, 15) is 18.7 Å². The molecular weight excluding hydrogens is 234 g/mol. The molecule has 0 aliphatic rings. The molecule has 1 heterocycles. The Bertz CT molecular complexity index is 424. The summed E-state index contributed by atoms with van der Waals surface area (Å²) in [5, 5.41) is 9.42.